The van der Waals surface area contributed by atoms with Crippen LogP contribution in [-0.4, -0.2) is 50.7 Å². The Hall–Kier alpha value is -2.74. The smallest absolute Gasteiger partial charge is 0.412 e. The molecule has 0 N–H and O–H groups in total. The fourth-order valence-electron chi connectivity index (χ4n) is 5.52. The van der Waals surface area contributed by atoms with Gasteiger partial charge in [0.2, 0.25) is 11.5 Å². The lowest BCUT2D eigenvalue weighted by atomic mass is 9.87. The van der Waals surface area contributed by atoms with Gasteiger partial charge in [-0.2, -0.15) is 0 Å². The van der Waals surface area contributed by atoms with E-state index in [0.717, 1.165) is 36.1 Å². The first-order chi connectivity index (χ1) is 18.2. The molecule has 2 aromatic heterocycles. The van der Waals surface area contributed by atoms with Crippen LogP contribution in [0.5, 0.6) is 0 Å². The van der Waals surface area contributed by atoms with Crippen molar-refractivity contribution in [3.05, 3.63) is 35.4 Å². The SMILES string of the molecule is CC(C)C[C@H](CC=CC(=O)c1cnc2oc(C(C)C)c(C3CC3)c2n1)[C@@H]1COC(C)(C)N1C(=O)OC(C)(C)C. The number of rotatable bonds is 9. The maximum atomic E-state index is 13.2. The molecule has 2 aliphatic rings. The number of ketones is 1. The van der Waals surface area contributed by atoms with Crippen molar-refractivity contribution in [2.45, 2.75) is 117 Å². The maximum Gasteiger partial charge on any atom is 0.412 e. The van der Waals surface area contributed by atoms with E-state index in [1.807, 2.05) is 40.7 Å². The normalized spacial score (nSPS) is 20.5. The van der Waals surface area contributed by atoms with Crippen LogP contribution >= 0.6 is 0 Å². The summed E-state index contributed by atoms with van der Waals surface area (Å²) >= 11 is 0. The largest absolute Gasteiger partial charge is 0.444 e. The van der Waals surface area contributed by atoms with Crippen molar-refractivity contribution < 1.29 is 23.5 Å². The number of hydrogen-bond donors (Lipinski definition) is 0. The highest BCUT2D eigenvalue weighted by Crippen LogP contribution is 2.47. The number of carbonyl (C=O) groups is 2. The van der Waals surface area contributed by atoms with Gasteiger partial charge in [0.15, 0.2) is 0 Å². The lowest BCUT2D eigenvalue weighted by molar-refractivity contribution is -0.0647. The Morgan fingerprint density at radius 1 is 1.21 bits per heavy atom. The molecule has 1 amide bonds. The van der Waals surface area contributed by atoms with Crippen molar-refractivity contribution in [3.8, 4) is 0 Å². The molecule has 1 aliphatic heterocycles. The molecule has 2 fully saturated rings. The summed E-state index contributed by atoms with van der Waals surface area (Å²) in [4.78, 5) is 37.2. The molecule has 1 aliphatic carbocycles. The molecular weight excluding hydrogens is 494 g/mol. The summed E-state index contributed by atoms with van der Waals surface area (Å²) in [6, 6.07) is -0.158. The molecule has 0 radical (unpaired) electrons. The molecule has 1 saturated carbocycles. The Morgan fingerprint density at radius 3 is 2.49 bits per heavy atom. The van der Waals surface area contributed by atoms with Gasteiger partial charge in [0, 0.05) is 11.5 Å². The van der Waals surface area contributed by atoms with Gasteiger partial charge in [-0.1, -0.05) is 33.8 Å². The highest BCUT2D eigenvalue weighted by atomic mass is 16.6. The standard InChI is InChI=1S/C31H45N3O5/c1-18(2)15-21(23-17-37-31(8,9)34(23)29(36)39-30(5,6)7)11-10-12-24(35)22-16-32-28-26(33-22)25(20-13-14-20)27(38-28)19(3)4/h10,12,16,18-21,23H,11,13-15,17H2,1-9H3/t21-,23-/m0/s1. The van der Waals surface area contributed by atoms with Crippen LogP contribution in [0, 0.1) is 11.8 Å². The van der Waals surface area contributed by atoms with Crippen LogP contribution in [0.4, 0.5) is 4.79 Å². The predicted octanol–water partition coefficient (Wildman–Crippen LogP) is 7.39. The van der Waals surface area contributed by atoms with Crippen LogP contribution in [0.3, 0.4) is 0 Å². The Balaban J connectivity index is 1.53. The Bertz CT molecular complexity index is 1230. The quantitative estimate of drug-likeness (QED) is 0.242. The summed E-state index contributed by atoms with van der Waals surface area (Å²) in [6.45, 7) is 18.4. The van der Waals surface area contributed by atoms with E-state index in [1.54, 1.807) is 11.0 Å². The summed E-state index contributed by atoms with van der Waals surface area (Å²) in [6.07, 6.45) is 8.35. The fourth-order valence-corrected chi connectivity index (χ4v) is 5.52. The maximum absolute atomic E-state index is 13.2. The molecule has 0 spiro atoms. The number of amides is 1. The number of ether oxygens (including phenoxy) is 2. The highest BCUT2D eigenvalue weighted by Gasteiger charge is 2.48. The number of aromatic nitrogens is 2. The molecule has 39 heavy (non-hydrogen) atoms. The lowest BCUT2D eigenvalue weighted by Gasteiger charge is -2.38. The van der Waals surface area contributed by atoms with Gasteiger partial charge in [-0.15, -0.1) is 0 Å². The van der Waals surface area contributed by atoms with Gasteiger partial charge in [-0.05, 0) is 84.1 Å². The molecular formula is C31H45N3O5. The summed E-state index contributed by atoms with van der Waals surface area (Å²) in [7, 11) is 0. The van der Waals surface area contributed by atoms with Crippen molar-refractivity contribution in [1.82, 2.24) is 14.9 Å². The molecule has 0 unspecified atom stereocenters. The third-order valence-electron chi connectivity index (χ3n) is 7.36. The molecule has 2 atom stereocenters. The van der Waals surface area contributed by atoms with Crippen LogP contribution in [0.15, 0.2) is 22.8 Å². The second-order valence-corrected chi connectivity index (χ2v) is 13.3. The zero-order valence-electron chi connectivity index (χ0n) is 25.0. The van der Waals surface area contributed by atoms with Gasteiger partial charge in [0.05, 0.1) is 18.8 Å². The third-order valence-corrected chi connectivity index (χ3v) is 7.36. The van der Waals surface area contributed by atoms with Crippen molar-refractivity contribution in [1.29, 1.82) is 0 Å². The van der Waals surface area contributed by atoms with E-state index < -0.39 is 11.3 Å². The molecule has 8 heteroatoms. The van der Waals surface area contributed by atoms with E-state index in [1.165, 1.54) is 6.20 Å². The number of allylic oxidation sites excluding steroid dienone is 2. The first kappa shape index (κ1) is 29.2. The van der Waals surface area contributed by atoms with E-state index in [9.17, 15) is 9.59 Å². The molecule has 0 bridgehead atoms. The number of hydrogen-bond acceptors (Lipinski definition) is 7. The highest BCUT2D eigenvalue weighted by molar-refractivity contribution is 6.03. The minimum absolute atomic E-state index is 0.0980. The first-order valence-electron chi connectivity index (χ1n) is 14.3. The molecule has 1 saturated heterocycles. The number of carbonyl (C=O) groups excluding carboxylic acids is 2. The molecule has 4 rings (SSSR count). The molecule has 214 valence electrons. The van der Waals surface area contributed by atoms with E-state index >= 15 is 0 Å². The Kier molecular flexibility index (Phi) is 8.27. The molecule has 2 aromatic rings. The van der Waals surface area contributed by atoms with Crippen molar-refractivity contribution >= 4 is 23.1 Å². The van der Waals surface area contributed by atoms with Crippen molar-refractivity contribution in [2.75, 3.05) is 6.61 Å². The predicted molar refractivity (Wildman–Crippen MR) is 151 cm³/mol. The van der Waals surface area contributed by atoms with Gasteiger partial charge in [0.25, 0.3) is 0 Å². The van der Waals surface area contributed by atoms with Crippen LogP contribution in [0.2, 0.25) is 0 Å². The van der Waals surface area contributed by atoms with Crippen molar-refractivity contribution in [2.24, 2.45) is 11.8 Å². The second kappa shape index (κ2) is 11.0. The minimum atomic E-state index is -0.772. The van der Waals surface area contributed by atoms with Gasteiger partial charge >= 0.3 is 6.09 Å². The molecule has 8 nitrogen and oxygen atoms in total. The van der Waals surface area contributed by atoms with Crippen molar-refractivity contribution in [3.63, 3.8) is 0 Å². The van der Waals surface area contributed by atoms with E-state index in [0.29, 0.717) is 36.3 Å². The average Bonchev–Trinajstić information content (AvgIpc) is 3.49. The van der Waals surface area contributed by atoms with Crippen LogP contribution in [0.1, 0.15) is 122 Å². The van der Waals surface area contributed by atoms with Crippen LogP contribution in [0.25, 0.3) is 11.2 Å². The topological polar surface area (TPSA) is 94.8 Å². The molecule has 3 heterocycles. The van der Waals surface area contributed by atoms with Gasteiger partial charge in [0.1, 0.15) is 28.3 Å². The first-order valence-corrected chi connectivity index (χ1v) is 14.3. The average molecular weight is 540 g/mol. The number of furan rings is 1. The van der Waals surface area contributed by atoms with E-state index in [4.69, 9.17) is 18.9 Å². The van der Waals surface area contributed by atoms with Gasteiger partial charge in [-0.25, -0.2) is 14.8 Å². The zero-order chi connectivity index (χ0) is 28.7. The molecule has 0 aromatic carbocycles. The van der Waals surface area contributed by atoms with Crippen LogP contribution in [-0.2, 0) is 9.47 Å². The van der Waals surface area contributed by atoms with Crippen LogP contribution < -0.4 is 0 Å². The summed E-state index contributed by atoms with van der Waals surface area (Å²) < 4.78 is 17.8. The summed E-state index contributed by atoms with van der Waals surface area (Å²) in [5, 5.41) is 0. The lowest BCUT2D eigenvalue weighted by Crippen LogP contribution is -2.52. The number of fused-ring (bicyclic) bond motifs is 1. The zero-order valence-corrected chi connectivity index (χ0v) is 25.0. The summed E-state index contributed by atoms with van der Waals surface area (Å²) in [5.74, 6) is 1.93. The fraction of sp³-hybridized carbons (Fsp3) is 0.677. The minimum Gasteiger partial charge on any atom is -0.444 e. The third kappa shape index (κ3) is 6.71. The van der Waals surface area contributed by atoms with Gasteiger partial charge < -0.3 is 13.9 Å². The van der Waals surface area contributed by atoms with Gasteiger partial charge in [-0.3, -0.25) is 9.69 Å². The monoisotopic (exact) mass is 539 g/mol. The Morgan fingerprint density at radius 2 is 1.90 bits per heavy atom. The summed E-state index contributed by atoms with van der Waals surface area (Å²) in [5.41, 5.74) is 1.28. The van der Waals surface area contributed by atoms with E-state index in [-0.39, 0.29) is 29.8 Å². The number of nitrogens with zero attached hydrogens (tertiary/aromatic N) is 3. The Labute approximate surface area is 232 Å². The second-order valence-electron chi connectivity index (χ2n) is 13.3. The van der Waals surface area contributed by atoms with E-state index in [2.05, 4.69) is 32.7 Å².